The highest BCUT2D eigenvalue weighted by atomic mass is 35.5. The summed E-state index contributed by atoms with van der Waals surface area (Å²) in [5.41, 5.74) is 0.795. The van der Waals surface area contributed by atoms with Gasteiger partial charge in [0.05, 0.1) is 11.2 Å². The lowest BCUT2D eigenvalue weighted by molar-refractivity contribution is 0.419. The average Bonchev–Trinajstić information content (AvgIpc) is 2.88. The fourth-order valence-corrected chi connectivity index (χ4v) is 3.41. The first-order valence-corrected chi connectivity index (χ1v) is 8.48. The maximum absolute atomic E-state index is 6.16. The highest BCUT2D eigenvalue weighted by Gasteiger charge is 2.21. The van der Waals surface area contributed by atoms with E-state index in [4.69, 9.17) is 35.4 Å². The van der Waals surface area contributed by atoms with E-state index in [9.17, 15) is 0 Å². The SMILES string of the molecule is S=c1[nH]nc(C2CCCCC2)n1N=Cc1ccc(Cl)cc1Cl. The third-order valence-corrected chi connectivity index (χ3v) is 4.75. The lowest BCUT2D eigenvalue weighted by Gasteiger charge is -2.19. The molecule has 2 aromatic rings. The Hall–Kier alpha value is -1.17. The van der Waals surface area contributed by atoms with Gasteiger partial charge >= 0.3 is 0 Å². The van der Waals surface area contributed by atoms with Crippen molar-refractivity contribution in [2.75, 3.05) is 0 Å². The zero-order valence-electron chi connectivity index (χ0n) is 11.9. The number of H-pyrrole nitrogens is 1. The highest BCUT2D eigenvalue weighted by molar-refractivity contribution is 7.71. The molecule has 1 aromatic heterocycles. The van der Waals surface area contributed by atoms with Crippen LogP contribution in [0.1, 0.15) is 49.4 Å². The van der Waals surface area contributed by atoms with Gasteiger partial charge in [0, 0.05) is 16.5 Å². The summed E-state index contributed by atoms with van der Waals surface area (Å²) in [5, 5.41) is 12.8. The Morgan fingerprint density at radius 2 is 2.05 bits per heavy atom. The first-order valence-electron chi connectivity index (χ1n) is 7.32. The van der Waals surface area contributed by atoms with Crippen LogP contribution in [0.4, 0.5) is 0 Å². The summed E-state index contributed by atoms with van der Waals surface area (Å²) >= 11 is 17.4. The van der Waals surface area contributed by atoms with Gasteiger partial charge in [-0.25, -0.2) is 0 Å². The predicted molar refractivity (Wildman–Crippen MR) is 92.7 cm³/mol. The number of rotatable bonds is 3. The fraction of sp³-hybridized carbons (Fsp3) is 0.400. The predicted octanol–water partition coefficient (Wildman–Crippen LogP) is 5.18. The van der Waals surface area contributed by atoms with E-state index >= 15 is 0 Å². The van der Waals surface area contributed by atoms with Crippen molar-refractivity contribution in [3.63, 3.8) is 0 Å². The molecule has 0 atom stereocenters. The van der Waals surface area contributed by atoms with Crippen molar-refractivity contribution in [3.05, 3.63) is 44.4 Å². The summed E-state index contributed by atoms with van der Waals surface area (Å²) in [6, 6.07) is 5.31. The summed E-state index contributed by atoms with van der Waals surface area (Å²) in [7, 11) is 0. The maximum Gasteiger partial charge on any atom is 0.216 e. The molecule has 1 heterocycles. The van der Waals surface area contributed by atoms with Gasteiger partial charge in [-0.2, -0.15) is 14.9 Å². The first-order chi connectivity index (χ1) is 10.6. The minimum absolute atomic E-state index is 0.416. The average molecular weight is 355 g/mol. The molecule has 0 unspecified atom stereocenters. The zero-order valence-corrected chi connectivity index (χ0v) is 14.3. The van der Waals surface area contributed by atoms with Crippen molar-refractivity contribution in [2.24, 2.45) is 5.10 Å². The first kappa shape index (κ1) is 15.7. The number of hydrogen-bond acceptors (Lipinski definition) is 3. The molecule has 7 heteroatoms. The molecule has 0 bridgehead atoms. The fourth-order valence-electron chi connectivity index (χ4n) is 2.77. The summed E-state index contributed by atoms with van der Waals surface area (Å²) in [6.07, 6.45) is 7.73. The molecule has 1 fully saturated rings. The number of hydrogen-bond donors (Lipinski definition) is 1. The summed E-state index contributed by atoms with van der Waals surface area (Å²) in [4.78, 5) is 0. The molecule has 3 rings (SSSR count). The second kappa shape index (κ2) is 6.94. The molecule has 1 saturated carbocycles. The van der Waals surface area contributed by atoms with E-state index in [1.54, 1.807) is 23.0 Å². The van der Waals surface area contributed by atoms with E-state index < -0.39 is 0 Å². The molecule has 22 heavy (non-hydrogen) atoms. The molecule has 0 amide bonds. The van der Waals surface area contributed by atoms with Gasteiger partial charge < -0.3 is 0 Å². The van der Waals surface area contributed by atoms with Gasteiger partial charge in [-0.05, 0) is 37.2 Å². The van der Waals surface area contributed by atoms with Crippen LogP contribution >= 0.6 is 35.4 Å². The molecule has 1 aliphatic rings. The van der Waals surface area contributed by atoms with E-state index in [2.05, 4.69) is 15.3 Å². The molecular formula is C15H16Cl2N4S. The Bertz CT molecular complexity index is 744. The largest absolute Gasteiger partial charge is 0.250 e. The third-order valence-electron chi connectivity index (χ3n) is 3.92. The number of nitrogens with one attached hydrogen (secondary N) is 1. The van der Waals surface area contributed by atoms with Crippen LogP contribution in [0.5, 0.6) is 0 Å². The third kappa shape index (κ3) is 3.42. The van der Waals surface area contributed by atoms with Crippen LogP contribution in [-0.4, -0.2) is 21.1 Å². The molecule has 0 spiro atoms. The normalized spacial score (nSPS) is 16.5. The molecule has 1 aromatic carbocycles. The molecular weight excluding hydrogens is 339 g/mol. The van der Waals surface area contributed by atoms with Crippen LogP contribution in [0.2, 0.25) is 10.0 Å². The molecule has 0 aliphatic heterocycles. The Labute approximate surface area is 144 Å². The van der Waals surface area contributed by atoms with Gasteiger partial charge in [0.2, 0.25) is 4.77 Å². The van der Waals surface area contributed by atoms with Crippen molar-refractivity contribution in [1.82, 2.24) is 14.9 Å². The molecule has 1 aliphatic carbocycles. The van der Waals surface area contributed by atoms with Crippen molar-refractivity contribution >= 4 is 41.6 Å². The lowest BCUT2D eigenvalue weighted by Crippen LogP contribution is -2.10. The van der Waals surface area contributed by atoms with Crippen LogP contribution in [-0.2, 0) is 0 Å². The van der Waals surface area contributed by atoms with Crippen molar-refractivity contribution in [3.8, 4) is 0 Å². The van der Waals surface area contributed by atoms with E-state index in [0.717, 1.165) is 24.2 Å². The molecule has 116 valence electrons. The molecule has 1 N–H and O–H groups in total. The topological polar surface area (TPSA) is 46.0 Å². The van der Waals surface area contributed by atoms with Crippen molar-refractivity contribution < 1.29 is 0 Å². The van der Waals surface area contributed by atoms with E-state index in [1.807, 2.05) is 6.07 Å². The minimum atomic E-state index is 0.416. The van der Waals surface area contributed by atoms with Crippen LogP contribution in [0.15, 0.2) is 23.3 Å². The van der Waals surface area contributed by atoms with Crippen LogP contribution in [0.3, 0.4) is 0 Å². The summed E-state index contributed by atoms with van der Waals surface area (Å²) < 4.78 is 2.21. The summed E-state index contributed by atoms with van der Waals surface area (Å²) in [5.74, 6) is 1.32. The zero-order chi connectivity index (χ0) is 15.5. The minimum Gasteiger partial charge on any atom is -0.250 e. The quantitative estimate of drug-likeness (QED) is 0.609. The van der Waals surface area contributed by atoms with Gasteiger partial charge in [0.15, 0.2) is 5.82 Å². The van der Waals surface area contributed by atoms with Crippen LogP contribution < -0.4 is 0 Å². The number of aromatic nitrogens is 3. The van der Waals surface area contributed by atoms with Crippen LogP contribution in [0.25, 0.3) is 0 Å². The Morgan fingerprint density at radius 1 is 1.27 bits per heavy atom. The maximum atomic E-state index is 6.16. The van der Waals surface area contributed by atoms with E-state index in [1.165, 1.54) is 19.3 Å². The molecule has 0 radical (unpaired) electrons. The Balaban J connectivity index is 1.90. The second-order valence-electron chi connectivity index (χ2n) is 5.44. The van der Waals surface area contributed by atoms with Crippen molar-refractivity contribution in [2.45, 2.75) is 38.0 Å². The number of halogens is 2. The summed E-state index contributed by atoms with van der Waals surface area (Å²) in [6.45, 7) is 0. The molecule has 0 saturated heterocycles. The van der Waals surface area contributed by atoms with E-state index in [-0.39, 0.29) is 0 Å². The standard InChI is InChI=1S/C15H16Cl2N4S/c16-12-7-6-11(13(17)8-12)9-18-21-14(19-20-15(21)22)10-4-2-1-3-5-10/h6-10H,1-5H2,(H,20,22). The lowest BCUT2D eigenvalue weighted by atomic mass is 9.89. The monoisotopic (exact) mass is 354 g/mol. The smallest absolute Gasteiger partial charge is 0.216 e. The van der Waals surface area contributed by atoms with Gasteiger partial charge in [0.25, 0.3) is 0 Å². The van der Waals surface area contributed by atoms with Gasteiger partial charge in [-0.1, -0.05) is 48.5 Å². The molecule has 4 nitrogen and oxygen atoms in total. The Kier molecular flexibility index (Phi) is 4.96. The highest BCUT2D eigenvalue weighted by Crippen LogP contribution is 2.31. The van der Waals surface area contributed by atoms with Gasteiger partial charge in [0.1, 0.15) is 0 Å². The number of benzene rings is 1. The van der Waals surface area contributed by atoms with Crippen LogP contribution in [0, 0.1) is 4.77 Å². The second-order valence-corrected chi connectivity index (χ2v) is 6.67. The van der Waals surface area contributed by atoms with Gasteiger partial charge in [-0.3, -0.25) is 5.10 Å². The number of nitrogens with zero attached hydrogens (tertiary/aromatic N) is 3. The number of aromatic amines is 1. The Morgan fingerprint density at radius 3 is 2.77 bits per heavy atom. The van der Waals surface area contributed by atoms with Crippen molar-refractivity contribution in [1.29, 1.82) is 0 Å². The van der Waals surface area contributed by atoms with Gasteiger partial charge in [-0.15, -0.1) is 0 Å². The van der Waals surface area contributed by atoms with E-state index in [0.29, 0.717) is 20.7 Å².